The number of anilines is 1. The van der Waals surface area contributed by atoms with Crippen LogP contribution in [0.3, 0.4) is 0 Å². The maximum atomic E-state index is 13.0. The van der Waals surface area contributed by atoms with Gasteiger partial charge in [0.1, 0.15) is 0 Å². The Hall–Kier alpha value is -0.720. The van der Waals surface area contributed by atoms with E-state index in [0.717, 1.165) is 10.9 Å². The van der Waals surface area contributed by atoms with Crippen LogP contribution in [0.2, 0.25) is 4.34 Å². The second-order valence-electron chi connectivity index (χ2n) is 4.20. The van der Waals surface area contributed by atoms with E-state index >= 15 is 0 Å². The minimum atomic E-state index is -4.40. The van der Waals surface area contributed by atoms with Crippen molar-refractivity contribution in [2.45, 2.75) is 19.1 Å². The monoisotopic (exact) mass is 383 g/mol. The minimum absolute atomic E-state index is 0.0534. The zero-order chi connectivity index (χ0) is 14.9. The average Bonchev–Trinajstić information content (AvgIpc) is 2.77. The molecule has 1 aromatic heterocycles. The van der Waals surface area contributed by atoms with E-state index in [0.29, 0.717) is 8.81 Å². The summed E-state index contributed by atoms with van der Waals surface area (Å²) >= 11 is 10.2. The van der Waals surface area contributed by atoms with Gasteiger partial charge in [0, 0.05) is 15.0 Å². The summed E-state index contributed by atoms with van der Waals surface area (Å²) in [4.78, 5) is 0.881. The predicted molar refractivity (Wildman–Crippen MR) is 80.5 cm³/mol. The van der Waals surface area contributed by atoms with Gasteiger partial charge in [-0.25, -0.2) is 0 Å². The molecule has 1 heterocycles. The Morgan fingerprint density at radius 2 is 1.95 bits per heavy atom. The van der Waals surface area contributed by atoms with Crippen molar-refractivity contribution >= 4 is 44.6 Å². The van der Waals surface area contributed by atoms with Gasteiger partial charge in [-0.15, -0.1) is 11.3 Å². The topological polar surface area (TPSA) is 12.0 Å². The Morgan fingerprint density at radius 3 is 2.50 bits per heavy atom. The molecule has 20 heavy (non-hydrogen) atoms. The van der Waals surface area contributed by atoms with Crippen molar-refractivity contribution in [2.24, 2.45) is 0 Å². The highest BCUT2D eigenvalue weighted by Crippen LogP contribution is 2.38. The predicted octanol–water partition coefficient (Wildman–Crippen LogP) is 6.36. The molecule has 108 valence electrons. The molecular formula is C13H10BrClF3NS. The van der Waals surface area contributed by atoms with E-state index in [-0.39, 0.29) is 11.7 Å². The quantitative estimate of drug-likeness (QED) is 0.649. The smallest absolute Gasteiger partial charge is 0.377 e. The Balaban J connectivity index is 2.29. The van der Waals surface area contributed by atoms with E-state index in [1.165, 1.54) is 17.4 Å². The molecule has 0 fully saturated rings. The molecule has 1 aromatic carbocycles. The maximum Gasteiger partial charge on any atom is 0.418 e. The fourth-order valence-electron chi connectivity index (χ4n) is 1.74. The number of rotatable bonds is 3. The molecule has 1 nitrogen and oxygen atoms in total. The number of benzene rings is 1. The molecule has 2 aromatic rings. The summed E-state index contributed by atoms with van der Waals surface area (Å²) in [6.07, 6.45) is -4.40. The largest absolute Gasteiger partial charge is 0.418 e. The highest BCUT2D eigenvalue weighted by molar-refractivity contribution is 9.10. The molecule has 0 aliphatic rings. The minimum Gasteiger partial charge on any atom is -0.377 e. The highest BCUT2D eigenvalue weighted by atomic mass is 79.9. The fourth-order valence-corrected chi connectivity index (χ4v) is 3.17. The SMILES string of the molecule is CC(Nc1ccc(Br)cc1C(F)(F)F)c1ccc(Cl)s1. The van der Waals surface area contributed by atoms with Crippen molar-refractivity contribution in [3.8, 4) is 0 Å². The molecule has 0 aliphatic heterocycles. The normalized spacial score (nSPS) is 13.3. The van der Waals surface area contributed by atoms with Gasteiger partial charge >= 0.3 is 6.18 Å². The van der Waals surface area contributed by atoms with E-state index in [1.54, 1.807) is 25.1 Å². The Labute approximate surface area is 131 Å². The third-order valence-electron chi connectivity index (χ3n) is 2.68. The van der Waals surface area contributed by atoms with E-state index in [2.05, 4.69) is 21.2 Å². The van der Waals surface area contributed by atoms with E-state index < -0.39 is 11.7 Å². The lowest BCUT2D eigenvalue weighted by atomic mass is 10.1. The molecule has 1 atom stereocenters. The molecule has 0 saturated heterocycles. The average molecular weight is 385 g/mol. The second kappa shape index (κ2) is 5.95. The van der Waals surface area contributed by atoms with Gasteiger partial charge in [-0.3, -0.25) is 0 Å². The van der Waals surface area contributed by atoms with Crippen LogP contribution in [0.5, 0.6) is 0 Å². The van der Waals surface area contributed by atoms with Gasteiger partial charge in [0.25, 0.3) is 0 Å². The second-order valence-corrected chi connectivity index (χ2v) is 6.86. The van der Waals surface area contributed by atoms with Crippen LogP contribution in [0.15, 0.2) is 34.8 Å². The van der Waals surface area contributed by atoms with Crippen LogP contribution in [0.1, 0.15) is 23.4 Å². The van der Waals surface area contributed by atoms with E-state index in [9.17, 15) is 13.2 Å². The van der Waals surface area contributed by atoms with Gasteiger partial charge in [0.05, 0.1) is 15.9 Å². The molecule has 1 N–H and O–H groups in total. The lowest BCUT2D eigenvalue weighted by Crippen LogP contribution is -2.13. The van der Waals surface area contributed by atoms with Crippen LogP contribution in [-0.4, -0.2) is 0 Å². The van der Waals surface area contributed by atoms with Gasteiger partial charge < -0.3 is 5.32 Å². The molecular weight excluding hydrogens is 375 g/mol. The lowest BCUT2D eigenvalue weighted by molar-refractivity contribution is -0.137. The summed E-state index contributed by atoms with van der Waals surface area (Å²) in [5.74, 6) is 0. The number of halogens is 5. The molecule has 0 bridgehead atoms. The fraction of sp³-hybridized carbons (Fsp3) is 0.231. The summed E-state index contributed by atoms with van der Waals surface area (Å²) in [5, 5.41) is 2.88. The van der Waals surface area contributed by atoms with Gasteiger partial charge in [0.2, 0.25) is 0 Å². The summed E-state index contributed by atoms with van der Waals surface area (Å²) in [7, 11) is 0. The molecule has 0 aliphatic carbocycles. The van der Waals surface area contributed by atoms with Crippen molar-refractivity contribution in [3.63, 3.8) is 0 Å². The van der Waals surface area contributed by atoms with Crippen LogP contribution >= 0.6 is 38.9 Å². The standard InChI is InChI=1S/C13H10BrClF3NS/c1-7(11-4-5-12(15)20-11)19-10-3-2-8(14)6-9(10)13(16,17)18/h2-7,19H,1H3. The van der Waals surface area contributed by atoms with Crippen LogP contribution in [0, 0.1) is 0 Å². The third-order valence-corrected chi connectivity index (χ3v) is 4.59. The van der Waals surface area contributed by atoms with Gasteiger partial charge in [-0.05, 0) is 37.3 Å². The number of thiophene rings is 1. The zero-order valence-electron chi connectivity index (χ0n) is 10.3. The maximum absolute atomic E-state index is 13.0. The molecule has 7 heteroatoms. The lowest BCUT2D eigenvalue weighted by Gasteiger charge is -2.19. The molecule has 0 saturated carbocycles. The molecule has 0 spiro atoms. The molecule has 0 radical (unpaired) electrons. The first kappa shape index (κ1) is 15.7. The van der Waals surface area contributed by atoms with Crippen molar-refractivity contribution in [1.82, 2.24) is 0 Å². The van der Waals surface area contributed by atoms with E-state index in [1.807, 2.05) is 0 Å². The molecule has 2 rings (SSSR count). The number of hydrogen-bond donors (Lipinski definition) is 1. The van der Waals surface area contributed by atoms with Crippen LogP contribution in [0.25, 0.3) is 0 Å². The summed E-state index contributed by atoms with van der Waals surface area (Å²) in [5.41, 5.74) is -0.640. The number of alkyl halides is 3. The van der Waals surface area contributed by atoms with Crippen molar-refractivity contribution in [3.05, 3.63) is 49.6 Å². The van der Waals surface area contributed by atoms with Crippen LogP contribution < -0.4 is 5.32 Å². The van der Waals surface area contributed by atoms with Crippen LogP contribution in [-0.2, 0) is 6.18 Å². The molecule has 0 amide bonds. The van der Waals surface area contributed by atoms with Crippen molar-refractivity contribution in [2.75, 3.05) is 5.32 Å². The van der Waals surface area contributed by atoms with Gasteiger partial charge in [-0.2, -0.15) is 13.2 Å². The van der Waals surface area contributed by atoms with Gasteiger partial charge in [-0.1, -0.05) is 27.5 Å². The van der Waals surface area contributed by atoms with Crippen molar-refractivity contribution in [1.29, 1.82) is 0 Å². The van der Waals surface area contributed by atoms with Crippen molar-refractivity contribution < 1.29 is 13.2 Å². The van der Waals surface area contributed by atoms with Crippen LogP contribution in [0.4, 0.5) is 18.9 Å². The highest BCUT2D eigenvalue weighted by Gasteiger charge is 2.34. The van der Waals surface area contributed by atoms with E-state index in [4.69, 9.17) is 11.6 Å². The first-order valence-corrected chi connectivity index (χ1v) is 7.64. The summed E-state index contributed by atoms with van der Waals surface area (Å²) in [6.45, 7) is 1.80. The summed E-state index contributed by atoms with van der Waals surface area (Å²) < 4.78 is 40.0. The first-order chi connectivity index (χ1) is 9.27. The Bertz CT molecular complexity index is 612. The zero-order valence-corrected chi connectivity index (χ0v) is 13.4. The number of hydrogen-bond acceptors (Lipinski definition) is 2. The number of nitrogens with one attached hydrogen (secondary N) is 1. The summed E-state index contributed by atoms with van der Waals surface area (Å²) in [6, 6.07) is 7.33. The Morgan fingerprint density at radius 1 is 1.25 bits per heavy atom. The Kier molecular flexibility index (Phi) is 4.66. The molecule has 1 unspecified atom stereocenters. The third kappa shape index (κ3) is 3.68. The van der Waals surface area contributed by atoms with Gasteiger partial charge in [0.15, 0.2) is 0 Å². The first-order valence-electron chi connectivity index (χ1n) is 5.66.